The number of likely N-dealkylation sites (tertiary alicyclic amines) is 1. The van der Waals surface area contributed by atoms with Crippen LogP contribution in [0.2, 0.25) is 10.0 Å². The quantitative estimate of drug-likeness (QED) is 0.842. The van der Waals surface area contributed by atoms with Gasteiger partial charge in [0.2, 0.25) is 0 Å². The van der Waals surface area contributed by atoms with E-state index >= 15 is 0 Å². The van der Waals surface area contributed by atoms with E-state index < -0.39 is 0 Å². The Kier molecular flexibility index (Phi) is 5.17. The highest BCUT2D eigenvalue weighted by Gasteiger charge is 2.28. The summed E-state index contributed by atoms with van der Waals surface area (Å²) in [4.78, 5) is 14.7. The standard InChI is InChI=1S/C15H20Cl2N2O/c1-2-5-11-6-3-4-7-19(11)15(20)12-8-10(18)9-13(16)14(12)17/h8-9,11H,2-7,18H2,1H3. The van der Waals surface area contributed by atoms with E-state index in [1.165, 1.54) is 6.42 Å². The first kappa shape index (κ1) is 15.5. The van der Waals surface area contributed by atoms with Gasteiger partial charge in [-0.15, -0.1) is 0 Å². The third kappa shape index (κ3) is 3.21. The lowest BCUT2D eigenvalue weighted by atomic mass is 9.97. The third-order valence-electron chi connectivity index (χ3n) is 3.79. The SMILES string of the molecule is CCCC1CCCCN1C(=O)c1cc(N)cc(Cl)c1Cl. The molecule has 0 radical (unpaired) electrons. The minimum Gasteiger partial charge on any atom is -0.399 e. The Morgan fingerprint density at radius 1 is 1.40 bits per heavy atom. The van der Waals surface area contributed by atoms with Crippen molar-refractivity contribution in [2.45, 2.75) is 45.1 Å². The van der Waals surface area contributed by atoms with E-state index in [1.54, 1.807) is 12.1 Å². The predicted octanol–water partition coefficient (Wildman–Crippen LogP) is 4.37. The van der Waals surface area contributed by atoms with Crippen molar-refractivity contribution in [2.24, 2.45) is 0 Å². The minimum absolute atomic E-state index is 0.0534. The summed E-state index contributed by atoms with van der Waals surface area (Å²) in [7, 11) is 0. The van der Waals surface area contributed by atoms with Crippen LogP contribution in [0.5, 0.6) is 0 Å². The average Bonchev–Trinajstić information content (AvgIpc) is 2.43. The molecule has 1 aliphatic heterocycles. The lowest BCUT2D eigenvalue weighted by Gasteiger charge is -2.36. The maximum Gasteiger partial charge on any atom is 0.255 e. The number of nitrogen functional groups attached to an aromatic ring is 1. The van der Waals surface area contributed by atoms with Crippen molar-refractivity contribution in [3.8, 4) is 0 Å². The third-order valence-corrected chi connectivity index (χ3v) is 4.59. The molecule has 110 valence electrons. The normalized spacial score (nSPS) is 19.1. The summed E-state index contributed by atoms with van der Waals surface area (Å²) in [6, 6.07) is 3.49. The number of hydrogen-bond acceptors (Lipinski definition) is 2. The van der Waals surface area contributed by atoms with Crippen LogP contribution in [0.4, 0.5) is 5.69 Å². The van der Waals surface area contributed by atoms with Gasteiger partial charge in [-0.05, 0) is 37.8 Å². The van der Waals surface area contributed by atoms with Gasteiger partial charge in [0.1, 0.15) is 0 Å². The molecule has 0 saturated carbocycles. The summed E-state index contributed by atoms with van der Waals surface area (Å²) in [5, 5.41) is 0.630. The number of benzene rings is 1. The van der Waals surface area contributed by atoms with Crippen LogP contribution in [0.15, 0.2) is 12.1 Å². The van der Waals surface area contributed by atoms with Crippen molar-refractivity contribution in [2.75, 3.05) is 12.3 Å². The van der Waals surface area contributed by atoms with E-state index in [1.807, 2.05) is 4.90 Å². The molecule has 0 aliphatic carbocycles. The summed E-state index contributed by atoms with van der Waals surface area (Å²) in [5.74, 6) is -0.0534. The molecule has 1 aromatic rings. The molecular formula is C15H20Cl2N2O. The number of nitrogens with two attached hydrogens (primary N) is 1. The molecule has 20 heavy (non-hydrogen) atoms. The zero-order valence-electron chi connectivity index (χ0n) is 11.7. The molecule has 1 aromatic carbocycles. The Labute approximate surface area is 130 Å². The fourth-order valence-electron chi connectivity index (χ4n) is 2.82. The van der Waals surface area contributed by atoms with Crippen molar-refractivity contribution in [1.82, 2.24) is 4.90 Å². The van der Waals surface area contributed by atoms with E-state index in [0.29, 0.717) is 27.3 Å². The highest BCUT2D eigenvalue weighted by Crippen LogP contribution is 2.31. The molecule has 0 bridgehead atoms. The Bertz CT molecular complexity index is 503. The van der Waals surface area contributed by atoms with Crippen molar-refractivity contribution < 1.29 is 4.79 Å². The van der Waals surface area contributed by atoms with Gasteiger partial charge in [0.05, 0.1) is 15.6 Å². The van der Waals surface area contributed by atoms with Crippen molar-refractivity contribution >= 4 is 34.8 Å². The summed E-state index contributed by atoms with van der Waals surface area (Å²) < 4.78 is 0. The molecule has 1 aliphatic rings. The molecule has 5 heteroatoms. The largest absolute Gasteiger partial charge is 0.399 e. The molecule has 0 aromatic heterocycles. The van der Waals surface area contributed by atoms with Gasteiger partial charge in [-0.2, -0.15) is 0 Å². The monoisotopic (exact) mass is 314 g/mol. The molecule has 1 amide bonds. The molecule has 1 heterocycles. The van der Waals surface area contributed by atoms with Crippen LogP contribution in [0.25, 0.3) is 0 Å². The number of halogens is 2. The number of piperidine rings is 1. The number of rotatable bonds is 3. The zero-order chi connectivity index (χ0) is 14.7. The first-order valence-corrected chi connectivity index (χ1v) is 7.85. The van der Waals surface area contributed by atoms with Gasteiger partial charge in [-0.3, -0.25) is 4.79 Å². The molecule has 2 rings (SSSR count). The molecule has 0 spiro atoms. The Balaban J connectivity index is 2.29. The fraction of sp³-hybridized carbons (Fsp3) is 0.533. The van der Waals surface area contributed by atoms with E-state index in [-0.39, 0.29) is 5.91 Å². The highest BCUT2D eigenvalue weighted by molar-refractivity contribution is 6.44. The second kappa shape index (κ2) is 6.68. The smallest absolute Gasteiger partial charge is 0.255 e. The van der Waals surface area contributed by atoms with Crippen molar-refractivity contribution in [3.63, 3.8) is 0 Å². The Morgan fingerprint density at radius 3 is 2.85 bits per heavy atom. The van der Waals surface area contributed by atoms with Gasteiger partial charge in [0.25, 0.3) is 5.91 Å². The van der Waals surface area contributed by atoms with Crippen LogP contribution in [-0.4, -0.2) is 23.4 Å². The average molecular weight is 315 g/mol. The topological polar surface area (TPSA) is 46.3 Å². The minimum atomic E-state index is -0.0534. The van der Waals surface area contributed by atoms with Gasteiger partial charge in [0, 0.05) is 18.3 Å². The van der Waals surface area contributed by atoms with Gasteiger partial charge in [-0.25, -0.2) is 0 Å². The predicted molar refractivity (Wildman–Crippen MR) is 84.5 cm³/mol. The Hall–Kier alpha value is -0.930. The second-order valence-corrected chi connectivity index (χ2v) is 6.09. The number of amides is 1. The lowest BCUT2D eigenvalue weighted by Crippen LogP contribution is -2.43. The number of carbonyl (C=O) groups excluding carboxylic acids is 1. The lowest BCUT2D eigenvalue weighted by molar-refractivity contribution is 0.0601. The van der Waals surface area contributed by atoms with Crippen molar-refractivity contribution in [1.29, 1.82) is 0 Å². The van der Waals surface area contributed by atoms with E-state index in [4.69, 9.17) is 28.9 Å². The fourth-order valence-corrected chi connectivity index (χ4v) is 3.24. The molecular weight excluding hydrogens is 295 g/mol. The molecule has 1 unspecified atom stereocenters. The van der Waals surface area contributed by atoms with E-state index in [9.17, 15) is 4.79 Å². The highest BCUT2D eigenvalue weighted by atomic mass is 35.5. The first-order valence-electron chi connectivity index (χ1n) is 7.10. The number of nitrogens with zero attached hydrogens (tertiary/aromatic N) is 1. The molecule has 2 N–H and O–H groups in total. The summed E-state index contributed by atoms with van der Waals surface area (Å²) in [6.07, 6.45) is 5.38. The molecule has 1 fully saturated rings. The number of carbonyl (C=O) groups is 1. The summed E-state index contributed by atoms with van der Waals surface area (Å²) in [6.45, 7) is 2.92. The molecule has 1 saturated heterocycles. The van der Waals surface area contributed by atoms with E-state index in [0.717, 1.165) is 32.2 Å². The molecule has 3 nitrogen and oxygen atoms in total. The van der Waals surface area contributed by atoms with Gasteiger partial charge < -0.3 is 10.6 Å². The van der Waals surface area contributed by atoms with Crippen LogP contribution in [-0.2, 0) is 0 Å². The number of anilines is 1. The summed E-state index contributed by atoms with van der Waals surface area (Å²) >= 11 is 12.2. The van der Waals surface area contributed by atoms with Crippen LogP contribution < -0.4 is 5.73 Å². The summed E-state index contributed by atoms with van der Waals surface area (Å²) in [5.41, 5.74) is 6.66. The molecule has 1 atom stereocenters. The van der Waals surface area contributed by atoms with E-state index in [2.05, 4.69) is 6.92 Å². The van der Waals surface area contributed by atoms with Crippen molar-refractivity contribution in [3.05, 3.63) is 27.7 Å². The Morgan fingerprint density at radius 2 is 2.15 bits per heavy atom. The maximum absolute atomic E-state index is 12.7. The maximum atomic E-state index is 12.7. The first-order chi connectivity index (χ1) is 9.54. The van der Waals surface area contributed by atoms with Crippen LogP contribution in [0.1, 0.15) is 49.4 Å². The zero-order valence-corrected chi connectivity index (χ0v) is 13.2. The van der Waals surface area contributed by atoms with Gasteiger partial charge in [0.15, 0.2) is 0 Å². The van der Waals surface area contributed by atoms with Gasteiger partial charge >= 0.3 is 0 Å². The van der Waals surface area contributed by atoms with Crippen LogP contribution >= 0.6 is 23.2 Å². The van der Waals surface area contributed by atoms with Crippen LogP contribution in [0.3, 0.4) is 0 Å². The second-order valence-electron chi connectivity index (χ2n) is 5.30. The van der Waals surface area contributed by atoms with Crippen LogP contribution in [0, 0.1) is 0 Å². The number of hydrogen-bond donors (Lipinski definition) is 1. The van der Waals surface area contributed by atoms with Gasteiger partial charge in [-0.1, -0.05) is 36.5 Å².